The molecular formula is C18H21N3O3S. The number of thioether (sulfide) groups is 1. The maximum Gasteiger partial charge on any atom is 0.262 e. The fourth-order valence-electron chi connectivity index (χ4n) is 2.78. The van der Waals surface area contributed by atoms with Crippen LogP contribution in [0.25, 0.3) is 10.9 Å². The molecule has 1 aromatic carbocycles. The van der Waals surface area contributed by atoms with Crippen molar-refractivity contribution in [3.8, 4) is 0 Å². The average Bonchev–Trinajstić information content (AvgIpc) is 2.91. The average molecular weight is 359 g/mol. The van der Waals surface area contributed by atoms with Crippen molar-refractivity contribution < 1.29 is 9.26 Å². The minimum Gasteiger partial charge on any atom is -0.383 e. The minimum atomic E-state index is -0.109. The van der Waals surface area contributed by atoms with Crippen molar-refractivity contribution in [1.82, 2.24) is 14.7 Å². The zero-order valence-electron chi connectivity index (χ0n) is 14.8. The molecule has 0 aliphatic rings. The molecule has 7 heteroatoms. The van der Waals surface area contributed by atoms with Crippen LogP contribution < -0.4 is 5.56 Å². The van der Waals surface area contributed by atoms with Gasteiger partial charge in [0.2, 0.25) is 0 Å². The fourth-order valence-corrected chi connectivity index (χ4v) is 4.03. The lowest BCUT2D eigenvalue weighted by Gasteiger charge is -2.18. The fraction of sp³-hybridized carbons (Fsp3) is 0.389. The first kappa shape index (κ1) is 17.7. The van der Waals surface area contributed by atoms with Gasteiger partial charge in [0.15, 0.2) is 5.16 Å². The number of nitrogens with zero attached hydrogens (tertiary/aromatic N) is 3. The van der Waals surface area contributed by atoms with Gasteiger partial charge in [-0.15, -0.1) is 0 Å². The Bertz CT molecular complexity index is 929. The van der Waals surface area contributed by atoms with Gasteiger partial charge in [0, 0.05) is 18.4 Å². The summed E-state index contributed by atoms with van der Waals surface area (Å²) >= 11 is 1.51. The van der Waals surface area contributed by atoms with Gasteiger partial charge in [0.05, 0.1) is 29.2 Å². The Kier molecular flexibility index (Phi) is 5.24. The van der Waals surface area contributed by atoms with Gasteiger partial charge in [-0.2, -0.15) is 0 Å². The lowest BCUT2D eigenvalue weighted by molar-refractivity contribution is 0.156. The standard InChI is InChI=1S/C18H21N3O3S/c1-11(9-23-4)21-17(22)14-7-5-6-8-16(14)19-18(21)25-10-15-12(2)20-24-13(15)3/h5-8,11H,9-10H2,1-4H3. The highest BCUT2D eigenvalue weighted by molar-refractivity contribution is 7.98. The van der Waals surface area contributed by atoms with E-state index < -0.39 is 0 Å². The Morgan fingerprint density at radius 3 is 2.76 bits per heavy atom. The topological polar surface area (TPSA) is 70.2 Å². The van der Waals surface area contributed by atoms with Crippen molar-refractivity contribution in [3.63, 3.8) is 0 Å². The van der Waals surface area contributed by atoms with Gasteiger partial charge < -0.3 is 9.26 Å². The molecule has 0 N–H and O–H groups in total. The second-order valence-electron chi connectivity index (χ2n) is 5.98. The molecule has 0 fully saturated rings. The van der Waals surface area contributed by atoms with Crippen LogP contribution in [-0.2, 0) is 10.5 Å². The Hall–Kier alpha value is -2.12. The predicted octanol–water partition coefficient (Wildman–Crippen LogP) is 3.50. The van der Waals surface area contributed by atoms with E-state index in [1.54, 1.807) is 11.7 Å². The number of aryl methyl sites for hydroxylation is 2. The van der Waals surface area contributed by atoms with Crippen molar-refractivity contribution in [3.05, 3.63) is 51.6 Å². The molecular weight excluding hydrogens is 338 g/mol. The Balaban J connectivity index is 2.05. The molecule has 0 amide bonds. The van der Waals surface area contributed by atoms with Crippen LogP contribution in [0.5, 0.6) is 0 Å². The first-order valence-electron chi connectivity index (χ1n) is 8.07. The lowest BCUT2D eigenvalue weighted by Crippen LogP contribution is -2.28. The van der Waals surface area contributed by atoms with E-state index in [1.807, 2.05) is 45.0 Å². The second-order valence-corrected chi connectivity index (χ2v) is 6.92. The molecule has 0 bridgehead atoms. The molecule has 0 aliphatic heterocycles. The van der Waals surface area contributed by atoms with E-state index in [0.717, 1.165) is 17.0 Å². The van der Waals surface area contributed by atoms with Gasteiger partial charge in [-0.1, -0.05) is 29.1 Å². The van der Waals surface area contributed by atoms with Crippen LogP contribution >= 0.6 is 11.8 Å². The number of fused-ring (bicyclic) bond motifs is 1. The molecule has 0 spiro atoms. The molecule has 0 saturated heterocycles. The second kappa shape index (κ2) is 7.41. The SMILES string of the molecule is COCC(C)n1c(SCc2c(C)noc2C)nc2ccccc2c1=O. The highest BCUT2D eigenvalue weighted by Crippen LogP contribution is 2.27. The third-order valence-corrected chi connectivity index (χ3v) is 5.13. The van der Waals surface area contributed by atoms with E-state index in [9.17, 15) is 4.79 Å². The van der Waals surface area contributed by atoms with Gasteiger partial charge >= 0.3 is 0 Å². The van der Waals surface area contributed by atoms with E-state index in [0.29, 0.717) is 28.4 Å². The third kappa shape index (κ3) is 3.48. The number of ether oxygens (including phenoxy) is 1. The molecule has 3 rings (SSSR count). The van der Waals surface area contributed by atoms with E-state index in [-0.39, 0.29) is 11.6 Å². The molecule has 1 unspecified atom stereocenters. The predicted molar refractivity (Wildman–Crippen MR) is 98.1 cm³/mol. The van der Waals surface area contributed by atoms with E-state index >= 15 is 0 Å². The molecule has 0 radical (unpaired) electrons. The minimum absolute atomic E-state index is 0.0450. The van der Waals surface area contributed by atoms with E-state index in [1.165, 1.54) is 11.8 Å². The van der Waals surface area contributed by atoms with Gasteiger partial charge in [-0.25, -0.2) is 4.98 Å². The Morgan fingerprint density at radius 1 is 1.32 bits per heavy atom. The third-order valence-electron chi connectivity index (χ3n) is 4.15. The van der Waals surface area contributed by atoms with Crippen molar-refractivity contribution in [2.45, 2.75) is 37.7 Å². The molecule has 0 aliphatic carbocycles. The van der Waals surface area contributed by atoms with Crippen LogP contribution in [0.4, 0.5) is 0 Å². The van der Waals surface area contributed by atoms with Crippen LogP contribution in [0.15, 0.2) is 38.7 Å². The number of rotatable bonds is 6. The van der Waals surface area contributed by atoms with Crippen molar-refractivity contribution in [2.24, 2.45) is 0 Å². The summed E-state index contributed by atoms with van der Waals surface area (Å²) in [6, 6.07) is 7.31. The molecule has 1 atom stereocenters. The molecule has 2 aromatic heterocycles. The molecule has 3 aromatic rings. The van der Waals surface area contributed by atoms with Gasteiger partial charge in [0.1, 0.15) is 5.76 Å². The summed E-state index contributed by atoms with van der Waals surface area (Å²) in [5.41, 5.74) is 2.56. The summed E-state index contributed by atoms with van der Waals surface area (Å²) in [7, 11) is 1.63. The van der Waals surface area contributed by atoms with E-state index in [4.69, 9.17) is 14.2 Å². The zero-order valence-corrected chi connectivity index (χ0v) is 15.6. The first-order chi connectivity index (χ1) is 12.0. The quantitative estimate of drug-likeness (QED) is 0.495. The Labute approximate surface area is 150 Å². The highest BCUT2D eigenvalue weighted by Gasteiger charge is 2.18. The van der Waals surface area contributed by atoms with Gasteiger partial charge in [-0.05, 0) is 32.9 Å². The summed E-state index contributed by atoms with van der Waals surface area (Å²) < 4.78 is 12.2. The maximum atomic E-state index is 13.0. The van der Waals surface area contributed by atoms with Crippen molar-refractivity contribution >= 4 is 22.7 Å². The smallest absolute Gasteiger partial charge is 0.262 e. The number of hydrogen-bond donors (Lipinski definition) is 0. The molecule has 132 valence electrons. The number of aromatic nitrogens is 3. The summed E-state index contributed by atoms with van der Waals surface area (Å²) in [6.07, 6.45) is 0. The van der Waals surface area contributed by atoms with Crippen LogP contribution in [0.1, 0.15) is 30.0 Å². The maximum absolute atomic E-state index is 13.0. The number of methoxy groups -OCH3 is 1. The van der Waals surface area contributed by atoms with Gasteiger partial charge in [-0.3, -0.25) is 9.36 Å². The highest BCUT2D eigenvalue weighted by atomic mass is 32.2. The van der Waals surface area contributed by atoms with Crippen molar-refractivity contribution in [2.75, 3.05) is 13.7 Å². The number of benzene rings is 1. The summed E-state index contributed by atoms with van der Waals surface area (Å²) in [5, 5.41) is 5.28. The van der Waals surface area contributed by atoms with Crippen LogP contribution in [0.2, 0.25) is 0 Å². The van der Waals surface area contributed by atoms with Crippen LogP contribution in [0, 0.1) is 13.8 Å². The molecule has 2 heterocycles. The number of hydrogen-bond acceptors (Lipinski definition) is 6. The molecule has 0 saturated carbocycles. The summed E-state index contributed by atoms with van der Waals surface area (Å²) in [4.78, 5) is 17.7. The first-order valence-corrected chi connectivity index (χ1v) is 9.06. The monoisotopic (exact) mass is 359 g/mol. The van der Waals surface area contributed by atoms with Crippen molar-refractivity contribution in [1.29, 1.82) is 0 Å². The summed E-state index contributed by atoms with van der Waals surface area (Å²) in [6.45, 7) is 6.21. The Morgan fingerprint density at radius 2 is 2.08 bits per heavy atom. The normalized spacial score (nSPS) is 12.6. The lowest BCUT2D eigenvalue weighted by atomic mass is 10.2. The van der Waals surface area contributed by atoms with Crippen LogP contribution in [-0.4, -0.2) is 28.4 Å². The van der Waals surface area contributed by atoms with Gasteiger partial charge in [0.25, 0.3) is 5.56 Å². The largest absolute Gasteiger partial charge is 0.383 e. The van der Waals surface area contributed by atoms with Crippen LogP contribution in [0.3, 0.4) is 0 Å². The zero-order chi connectivity index (χ0) is 18.0. The molecule has 6 nitrogen and oxygen atoms in total. The molecule has 25 heavy (non-hydrogen) atoms. The summed E-state index contributed by atoms with van der Waals surface area (Å²) in [5.74, 6) is 1.44. The number of para-hydroxylation sites is 1. The van der Waals surface area contributed by atoms with E-state index in [2.05, 4.69) is 5.16 Å².